The van der Waals surface area contributed by atoms with Gasteiger partial charge in [-0.25, -0.2) is 8.42 Å². The fraction of sp³-hybridized carbons (Fsp3) is 0.190. The van der Waals surface area contributed by atoms with Crippen molar-refractivity contribution in [2.45, 2.75) is 12.8 Å². The predicted molar refractivity (Wildman–Crippen MR) is 119 cm³/mol. The minimum Gasteiger partial charge on any atom is -0.324 e. The van der Waals surface area contributed by atoms with Gasteiger partial charge in [-0.15, -0.1) is 0 Å². The number of anilines is 2. The number of rotatable bonds is 5. The van der Waals surface area contributed by atoms with Crippen LogP contribution >= 0.6 is 23.2 Å². The SMILES string of the molecule is CS(=O)(=O)N(CC(=O)Nc1ccc2c3c(cccc13)CC2)c1cc(Cl)cc(Cl)c1. The average Bonchev–Trinajstić information content (AvgIpc) is 3.05. The van der Waals surface area contributed by atoms with Crippen LogP contribution in [0, 0.1) is 0 Å². The van der Waals surface area contributed by atoms with E-state index in [0.29, 0.717) is 5.69 Å². The standard InChI is InChI=1S/C21H18Cl2N2O3S/c1-29(27,28)25(17-10-15(22)9-16(23)11-17)12-20(26)24-19-8-7-14-6-5-13-3-2-4-18(19)21(13)14/h2-4,7-11H,5-6,12H2,1H3,(H,24,26). The molecule has 0 bridgehead atoms. The molecule has 1 aliphatic rings. The molecule has 5 nitrogen and oxygen atoms in total. The van der Waals surface area contributed by atoms with Crippen molar-refractivity contribution in [3.05, 3.63) is 69.7 Å². The van der Waals surface area contributed by atoms with Crippen LogP contribution in [0.15, 0.2) is 48.5 Å². The summed E-state index contributed by atoms with van der Waals surface area (Å²) in [7, 11) is -3.73. The Morgan fingerprint density at radius 1 is 1.03 bits per heavy atom. The topological polar surface area (TPSA) is 66.5 Å². The van der Waals surface area contributed by atoms with E-state index in [1.54, 1.807) is 0 Å². The summed E-state index contributed by atoms with van der Waals surface area (Å²) in [4.78, 5) is 12.8. The third kappa shape index (κ3) is 4.06. The van der Waals surface area contributed by atoms with Crippen LogP contribution in [0.5, 0.6) is 0 Å². The molecular weight excluding hydrogens is 431 g/mol. The van der Waals surface area contributed by atoms with E-state index < -0.39 is 22.5 Å². The van der Waals surface area contributed by atoms with Crippen LogP contribution in [-0.4, -0.2) is 27.1 Å². The summed E-state index contributed by atoms with van der Waals surface area (Å²) in [6.45, 7) is -0.390. The van der Waals surface area contributed by atoms with E-state index in [4.69, 9.17) is 23.2 Å². The molecule has 0 saturated carbocycles. The lowest BCUT2D eigenvalue weighted by Crippen LogP contribution is -2.37. The molecule has 8 heteroatoms. The second-order valence-corrected chi connectivity index (χ2v) is 9.84. The first-order valence-electron chi connectivity index (χ1n) is 8.99. The number of halogens is 2. The largest absolute Gasteiger partial charge is 0.324 e. The van der Waals surface area contributed by atoms with Crippen molar-refractivity contribution in [3.8, 4) is 0 Å². The molecule has 3 aromatic rings. The molecule has 1 N–H and O–H groups in total. The van der Waals surface area contributed by atoms with Gasteiger partial charge in [-0.05, 0) is 53.6 Å². The van der Waals surface area contributed by atoms with Crippen molar-refractivity contribution in [3.63, 3.8) is 0 Å². The van der Waals surface area contributed by atoms with Gasteiger partial charge in [-0.2, -0.15) is 0 Å². The molecule has 150 valence electrons. The number of aryl methyl sites for hydroxylation is 2. The number of benzene rings is 3. The van der Waals surface area contributed by atoms with E-state index in [1.165, 1.54) is 34.7 Å². The Morgan fingerprint density at radius 3 is 2.34 bits per heavy atom. The van der Waals surface area contributed by atoms with Gasteiger partial charge in [-0.3, -0.25) is 9.10 Å². The maximum absolute atomic E-state index is 12.8. The number of hydrogen-bond acceptors (Lipinski definition) is 3. The number of carbonyl (C=O) groups excluding carboxylic acids is 1. The van der Waals surface area contributed by atoms with Gasteiger partial charge in [0.2, 0.25) is 15.9 Å². The molecule has 0 aromatic heterocycles. The number of hydrogen-bond donors (Lipinski definition) is 1. The molecule has 0 fully saturated rings. The molecule has 0 aliphatic heterocycles. The van der Waals surface area contributed by atoms with Gasteiger partial charge in [0.25, 0.3) is 0 Å². The maximum Gasteiger partial charge on any atom is 0.245 e. The Balaban J connectivity index is 1.64. The minimum absolute atomic E-state index is 0.237. The first-order chi connectivity index (χ1) is 13.7. The first-order valence-corrected chi connectivity index (χ1v) is 11.6. The van der Waals surface area contributed by atoms with Gasteiger partial charge in [0.05, 0.1) is 11.9 Å². The molecule has 0 atom stereocenters. The van der Waals surface area contributed by atoms with Crippen LogP contribution in [-0.2, 0) is 27.7 Å². The number of carbonyl (C=O) groups is 1. The van der Waals surface area contributed by atoms with Crippen molar-refractivity contribution < 1.29 is 13.2 Å². The van der Waals surface area contributed by atoms with Gasteiger partial charge < -0.3 is 5.32 Å². The second-order valence-electron chi connectivity index (χ2n) is 7.06. The van der Waals surface area contributed by atoms with Crippen molar-refractivity contribution in [2.24, 2.45) is 0 Å². The number of amides is 1. The van der Waals surface area contributed by atoms with Crippen LogP contribution in [0.4, 0.5) is 11.4 Å². The van der Waals surface area contributed by atoms with Crippen LogP contribution in [0.25, 0.3) is 10.8 Å². The van der Waals surface area contributed by atoms with Gasteiger partial charge in [0.15, 0.2) is 0 Å². The van der Waals surface area contributed by atoms with Crippen LogP contribution in [0.1, 0.15) is 11.1 Å². The lowest BCUT2D eigenvalue weighted by Gasteiger charge is -2.22. The molecule has 3 aromatic carbocycles. The Kier molecular flexibility index (Phi) is 5.19. The Morgan fingerprint density at radius 2 is 1.69 bits per heavy atom. The summed E-state index contributed by atoms with van der Waals surface area (Å²) in [5.74, 6) is -0.453. The Bertz CT molecular complexity index is 1210. The fourth-order valence-corrected chi connectivity index (χ4v) is 5.11. The third-order valence-electron chi connectivity index (χ3n) is 4.97. The fourth-order valence-electron chi connectivity index (χ4n) is 3.76. The van der Waals surface area contributed by atoms with E-state index in [2.05, 4.69) is 11.4 Å². The molecule has 0 spiro atoms. The zero-order chi connectivity index (χ0) is 20.8. The number of nitrogens with one attached hydrogen (secondary N) is 1. The van der Waals surface area contributed by atoms with Crippen LogP contribution in [0.2, 0.25) is 10.0 Å². The maximum atomic E-state index is 12.8. The summed E-state index contributed by atoms with van der Waals surface area (Å²) in [6, 6.07) is 14.3. The minimum atomic E-state index is -3.73. The van der Waals surface area contributed by atoms with Crippen molar-refractivity contribution in [2.75, 3.05) is 22.4 Å². The van der Waals surface area contributed by atoms with Crippen molar-refractivity contribution in [1.82, 2.24) is 0 Å². The monoisotopic (exact) mass is 448 g/mol. The summed E-state index contributed by atoms with van der Waals surface area (Å²) < 4.78 is 25.6. The molecule has 0 heterocycles. The number of sulfonamides is 1. The highest BCUT2D eigenvalue weighted by molar-refractivity contribution is 7.92. The van der Waals surface area contributed by atoms with Crippen molar-refractivity contribution in [1.29, 1.82) is 0 Å². The Hall–Kier alpha value is -2.28. The first kappa shape index (κ1) is 20.0. The molecule has 1 amide bonds. The molecule has 1 aliphatic carbocycles. The lowest BCUT2D eigenvalue weighted by molar-refractivity contribution is -0.114. The molecule has 4 rings (SSSR count). The highest BCUT2D eigenvalue weighted by Crippen LogP contribution is 2.35. The highest BCUT2D eigenvalue weighted by atomic mass is 35.5. The quantitative estimate of drug-likeness (QED) is 0.617. The molecular formula is C21H18Cl2N2O3S. The summed E-state index contributed by atoms with van der Waals surface area (Å²) in [6.07, 6.45) is 3.01. The summed E-state index contributed by atoms with van der Waals surface area (Å²) in [5.41, 5.74) is 3.43. The van der Waals surface area contributed by atoms with E-state index in [9.17, 15) is 13.2 Å². The summed E-state index contributed by atoms with van der Waals surface area (Å²) >= 11 is 12.0. The third-order valence-corrected chi connectivity index (χ3v) is 6.55. The smallest absolute Gasteiger partial charge is 0.245 e. The number of nitrogens with zero attached hydrogens (tertiary/aromatic N) is 1. The summed E-state index contributed by atoms with van der Waals surface area (Å²) in [5, 5.41) is 5.56. The van der Waals surface area contributed by atoms with Gasteiger partial charge in [0, 0.05) is 21.1 Å². The molecule has 0 saturated heterocycles. The van der Waals surface area contributed by atoms with Crippen molar-refractivity contribution >= 4 is 61.3 Å². The van der Waals surface area contributed by atoms with E-state index in [1.807, 2.05) is 24.3 Å². The van der Waals surface area contributed by atoms with Gasteiger partial charge in [-0.1, -0.05) is 47.5 Å². The van der Waals surface area contributed by atoms with E-state index in [0.717, 1.165) is 28.8 Å². The highest BCUT2D eigenvalue weighted by Gasteiger charge is 2.23. The second kappa shape index (κ2) is 7.52. The lowest BCUT2D eigenvalue weighted by atomic mass is 10.0. The van der Waals surface area contributed by atoms with E-state index >= 15 is 0 Å². The average molecular weight is 449 g/mol. The zero-order valence-corrected chi connectivity index (χ0v) is 17.9. The predicted octanol–water partition coefficient (Wildman–Crippen LogP) is 4.65. The van der Waals surface area contributed by atoms with E-state index in [-0.39, 0.29) is 15.7 Å². The normalized spacial score (nSPS) is 12.9. The van der Waals surface area contributed by atoms with Gasteiger partial charge in [0.1, 0.15) is 6.54 Å². The molecule has 0 radical (unpaired) electrons. The molecule has 0 unspecified atom stereocenters. The van der Waals surface area contributed by atoms with Gasteiger partial charge >= 0.3 is 0 Å². The Labute approximate surface area is 179 Å². The zero-order valence-electron chi connectivity index (χ0n) is 15.6. The molecule has 29 heavy (non-hydrogen) atoms. The van der Waals surface area contributed by atoms with Crippen LogP contribution in [0.3, 0.4) is 0 Å². The van der Waals surface area contributed by atoms with Crippen LogP contribution < -0.4 is 9.62 Å².